The summed E-state index contributed by atoms with van der Waals surface area (Å²) < 4.78 is 39.1. The average molecular weight is 347 g/mol. The number of hydrogen-bond donors (Lipinski definition) is 1. The van der Waals surface area contributed by atoms with Crippen LogP contribution < -0.4 is 5.32 Å². The second kappa shape index (κ2) is 6.71. The zero-order valence-electron chi connectivity index (χ0n) is 12.7. The highest BCUT2D eigenvalue weighted by molar-refractivity contribution is 5.91. The molecule has 3 aromatic rings. The van der Waals surface area contributed by atoms with Gasteiger partial charge in [-0.3, -0.25) is 9.36 Å². The van der Waals surface area contributed by atoms with Crippen LogP contribution in [-0.4, -0.2) is 25.4 Å². The fourth-order valence-corrected chi connectivity index (χ4v) is 2.10. The lowest BCUT2D eigenvalue weighted by molar-refractivity contribution is -0.137. The molecule has 0 unspecified atom stereocenters. The number of carbonyl (C=O) groups is 1. The molecule has 1 aromatic carbocycles. The van der Waals surface area contributed by atoms with Crippen LogP contribution in [-0.2, 0) is 17.4 Å². The quantitative estimate of drug-likeness (QED) is 0.788. The summed E-state index contributed by atoms with van der Waals surface area (Å²) in [5.41, 5.74) is 0.113. The normalized spacial score (nSPS) is 11.3. The standard InChI is InChI=1S/C16H12F3N5O/c17-16(18,19)12-3-1-11(2-4-12)7-14(25)23-13-8-21-15(22-9-13)24-6-5-20-10-24/h1-6,8-10H,7H2,(H,23,25). The van der Waals surface area contributed by atoms with E-state index in [-0.39, 0.29) is 12.3 Å². The van der Waals surface area contributed by atoms with Gasteiger partial charge in [-0.25, -0.2) is 15.0 Å². The number of anilines is 1. The fourth-order valence-electron chi connectivity index (χ4n) is 2.10. The Morgan fingerprint density at radius 1 is 1.12 bits per heavy atom. The Labute approximate surface area is 140 Å². The number of hydrogen-bond acceptors (Lipinski definition) is 4. The van der Waals surface area contributed by atoms with Gasteiger partial charge in [-0.15, -0.1) is 0 Å². The first kappa shape index (κ1) is 16.6. The van der Waals surface area contributed by atoms with Gasteiger partial charge in [0, 0.05) is 12.4 Å². The molecule has 0 saturated heterocycles. The number of halogens is 3. The van der Waals surface area contributed by atoms with Gasteiger partial charge in [-0.05, 0) is 17.7 Å². The van der Waals surface area contributed by atoms with E-state index in [1.165, 1.54) is 30.9 Å². The molecule has 128 valence electrons. The van der Waals surface area contributed by atoms with Crippen LogP contribution in [0.2, 0.25) is 0 Å². The largest absolute Gasteiger partial charge is 0.416 e. The lowest BCUT2D eigenvalue weighted by atomic mass is 10.1. The minimum atomic E-state index is -4.39. The second-order valence-electron chi connectivity index (χ2n) is 5.16. The number of nitrogens with zero attached hydrogens (tertiary/aromatic N) is 4. The highest BCUT2D eigenvalue weighted by Gasteiger charge is 2.29. The topological polar surface area (TPSA) is 72.7 Å². The van der Waals surface area contributed by atoms with E-state index in [1.54, 1.807) is 17.0 Å². The van der Waals surface area contributed by atoms with Crippen molar-refractivity contribution >= 4 is 11.6 Å². The molecule has 0 fully saturated rings. The number of amides is 1. The van der Waals surface area contributed by atoms with Crippen molar-refractivity contribution in [2.45, 2.75) is 12.6 Å². The molecule has 0 saturated carbocycles. The summed E-state index contributed by atoms with van der Waals surface area (Å²) >= 11 is 0. The van der Waals surface area contributed by atoms with Crippen LogP contribution in [0.5, 0.6) is 0 Å². The Morgan fingerprint density at radius 2 is 1.80 bits per heavy atom. The van der Waals surface area contributed by atoms with Gasteiger partial charge in [0.15, 0.2) is 0 Å². The van der Waals surface area contributed by atoms with Crippen molar-refractivity contribution in [3.63, 3.8) is 0 Å². The first-order valence-corrected chi connectivity index (χ1v) is 7.18. The summed E-state index contributed by atoms with van der Waals surface area (Å²) in [7, 11) is 0. The van der Waals surface area contributed by atoms with Gasteiger partial charge in [-0.1, -0.05) is 12.1 Å². The maximum absolute atomic E-state index is 12.5. The van der Waals surface area contributed by atoms with Gasteiger partial charge in [0.05, 0.1) is 30.1 Å². The highest BCUT2D eigenvalue weighted by Crippen LogP contribution is 2.29. The van der Waals surface area contributed by atoms with Gasteiger partial charge in [0.25, 0.3) is 0 Å². The number of aromatic nitrogens is 4. The van der Waals surface area contributed by atoms with E-state index in [1.807, 2.05) is 0 Å². The number of imidazole rings is 1. The fraction of sp³-hybridized carbons (Fsp3) is 0.125. The molecule has 1 N–H and O–H groups in total. The molecule has 0 aliphatic carbocycles. The predicted octanol–water partition coefficient (Wildman–Crippen LogP) is 2.86. The second-order valence-corrected chi connectivity index (χ2v) is 5.16. The number of nitrogens with one attached hydrogen (secondary N) is 1. The summed E-state index contributed by atoms with van der Waals surface area (Å²) in [6, 6.07) is 4.46. The van der Waals surface area contributed by atoms with Crippen molar-refractivity contribution in [2.75, 3.05) is 5.32 Å². The first-order chi connectivity index (χ1) is 11.9. The average Bonchev–Trinajstić information content (AvgIpc) is 3.09. The number of rotatable bonds is 4. The maximum Gasteiger partial charge on any atom is 0.416 e. The van der Waals surface area contributed by atoms with Gasteiger partial charge in [0.2, 0.25) is 11.9 Å². The summed E-state index contributed by atoms with van der Waals surface area (Å²) in [5, 5.41) is 2.60. The van der Waals surface area contributed by atoms with E-state index in [9.17, 15) is 18.0 Å². The van der Waals surface area contributed by atoms with Gasteiger partial charge in [0.1, 0.15) is 6.33 Å². The molecule has 0 radical (unpaired) electrons. The lowest BCUT2D eigenvalue weighted by Gasteiger charge is -2.08. The summed E-state index contributed by atoms with van der Waals surface area (Å²) in [6.45, 7) is 0. The number of alkyl halides is 3. The molecule has 1 amide bonds. The van der Waals surface area contributed by atoms with Crippen LogP contribution in [0.15, 0.2) is 55.4 Å². The molecule has 25 heavy (non-hydrogen) atoms. The smallest absolute Gasteiger partial charge is 0.323 e. The molecular formula is C16H12F3N5O. The molecular weight excluding hydrogens is 335 g/mol. The number of benzene rings is 1. The first-order valence-electron chi connectivity index (χ1n) is 7.18. The van der Waals surface area contributed by atoms with Crippen LogP contribution in [0.25, 0.3) is 5.95 Å². The zero-order chi connectivity index (χ0) is 17.9. The third-order valence-corrected chi connectivity index (χ3v) is 3.30. The van der Waals surface area contributed by atoms with Gasteiger partial charge in [-0.2, -0.15) is 13.2 Å². The van der Waals surface area contributed by atoms with Crippen LogP contribution in [0.3, 0.4) is 0 Å². The van der Waals surface area contributed by atoms with Crippen LogP contribution in [0.4, 0.5) is 18.9 Å². The molecule has 6 nitrogen and oxygen atoms in total. The lowest BCUT2D eigenvalue weighted by Crippen LogP contribution is -2.15. The Morgan fingerprint density at radius 3 is 2.36 bits per heavy atom. The van der Waals surface area contributed by atoms with Crippen molar-refractivity contribution in [3.05, 3.63) is 66.5 Å². The van der Waals surface area contributed by atoms with Gasteiger partial charge < -0.3 is 5.32 Å². The Hall–Kier alpha value is -3.23. The molecule has 0 bridgehead atoms. The summed E-state index contributed by atoms with van der Waals surface area (Å²) in [4.78, 5) is 24.0. The van der Waals surface area contributed by atoms with Crippen molar-refractivity contribution < 1.29 is 18.0 Å². The van der Waals surface area contributed by atoms with E-state index in [4.69, 9.17) is 0 Å². The van der Waals surface area contributed by atoms with Crippen LogP contribution in [0, 0.1) is 0 Å². The zero-order valence-corrected chi connectivity index (χ0v) is 12.7. The van der Waals surface area contributed by atoms with E-state index >= 15 is 0 Å². The van der Waals surface area contributed by atoms with E-state index < -0.39 is 11.7 Å². The van der Waals surface area contributed by atoms with E-state index in [2.05, 4.69) is 20.3 Å². The van der Waals surface area contributed by atoms with Crippen LogP contribution in [0.1, 0.15) is 11.1 Å². The van der Waals surface area contributed by atoms with Crippen LogP contribution >= 0.6 is 0 Å². The molecule has 0 spiro atoms. The van der Waals surface area contributed by atoms with Crippen molar-refractivity contribution in [2.24, 2.45) is 0 Å². The molecule has 2 heterocycles. The highest BCUT2D eigenvalue weighted by atomic mass is 19.4. The minimum Gasteiger partial charge on any atom is -0.323 e. The third kappa shape index (κ3) is 4.19. The SMILES string of the molecule is O=C(Cc1ccc(C(F)(F)F)cc1)Nc1cnc(-n2ccnc2)nc1. The predicted molar refractivity (Wildman–Crippen MR) is 82.9 cm³/mol. The third-order valence-electron chi connectivity index (χ3n) is 3.30. The molecule has 3 rings (SSSR count). The molecule has 0 atom stereocenters. The Balaban J connectivity index is 1.61. The van der Waals surface area contributed by atoms with E-state index in [0.29, 0.717) is 17.2 Å². The van der Waals surface area contributed by atoms with Gasteiger partial charge >= 0.3 is 6.18 Å². The molecule has 0 aliphatic rings. The summed E-state index contributed by atoms with van der Waals surface area (Å²) in [5.74, 6) is 0.0250. The van der Waals surface area contributed by atoms with Crippen molar-refractivity contribution in [1.29, 1.82) is 0 Å². The Kier molecular flexibility index (Phi) is 4.46. The van der Waals surface area contributed by atoms with E-state index in [0.717, 1.165) is 12.1 Å². The monoisotopic (exact) mass is 347 g/mol. The Bertz CT molecular complexity index is 843. The molecule has 9 heteroatoms. The van der Waals surface area contributed by atoms with Crippen molar-refractivity contribution in [3.8, 4) is 5.95 Å². The summed E-state index contributed by atoms with van der Waals surface area (Å²) in [6.07, 6.45) is 3.23. The minimum absolute atomic E-state index is 0.0542. The molecule has 0 aliphatic heterocycles. The number of carbonyl (C=O) groups excluding carboxylic acids is 1. The van der Waals surface area contributed by atoms with Crippen molar-refractivity contribution in [1.82, 2.24) is 19.5 Å². The maximum atomic E-state index is 12.5. The molecule has 2 aromatic heterocycles.